The Kier molecular flexibility index (Phi) is 12.8. The molecule has 0 bridgehead atoms. The van der Waals surface area contributed by atoms with Crippen LogP contribution in [0.4, 0.5) is 0 Å². The van der Waals surface area contributed by atoms with E-state index in [4.69, 9.17) is 9.47 Å². The number of carbonyl (C=O) groups is 2. The molecule has 52 heavy (non-hydrogen) atoms. The van der Waals surface area contributed by atoms with Crippen molar-refractivity contribution in [3.05, 3.63) is 58.1 Å². The highest BCUT2D eigenvalue weighted by Gasteiger charge is 2.46. The summed E-state index contributed by atoms with van der Waals surface area (Å²) in [5, 5.41) is 21.6. The molecule has 1 unspecified atom stereocenters. The van der Waals surface area contributed by atoms with Gasteiger partial charge < -0.3 is 19.7 Å². The molecule has 292 valence electrons. The largest absolute Gasteiger partial charge is 0.508 e. The molecule has 1 heterocycles. The Morgan fingerprint density at radius 1 is 0.769 bits per heavy atom. The van der Waals surface area contributed by atoms with Crippen LogP contribution in [0.2, 0.25) is 0 Å². The molecular formula is C45H71NO6. The molecule has 1 atom stereocenters. The van der Waals surface area contributed by atoms with Crippen molar-refractivity contribution >= 4 is 11.9 Å². The first-order valence-electron chi connectivity index (χ1n) is 19.3. The fourth-order valence-electron chi connectivity index (χ4n) is 8.16. The van der Waals surface area contributed by atoms with E-state index in [1.165, 1.54) is 0 Å². The molecule has 0 saturated carbocycles. The number of benzene rings is 2. The standard InChI is InChI=1S/C45H71NO6/c1-40(2,3)32(30-18-19-36(47)33(25-30)41(4,5)6)26-38(49)52-31-27-44(13,14)46(45(15,16)28-31)21-22-51-37(48)20-17-29-23-34(42(7,8)9)39(50)35(24-29)43(10,11)12/h18-19,23-25,31-32,47,50H,17,20-22,26-28H2,1-16H3. The van der Waals surface area contributed by atoms with Gasteiger partial charge in [-0.3, -0.25) is 14.5 Å². The van der Waals surface area contributed by atoms with E-state index in [0.29, 0.717) is 31.6 Å². The predicted octanol–water partition coefficient (Wildman–Crippen LogP) is 10.3. The lowest BCUT2D eigenvalue weighted by Gasteiger charge is -2.54. The lowest BCUT2D eigenvalue weighted by atomic mass is 9.73. The quantitative estimate of drug-likeness (QED) is 0.236. The van der Waals surface area contributed by atoms with Gasteiger partial charge in [0.05, 0.1) is 6.42 Å². The van der Waals surface area contributed by atoms with Crippen LogP contribution in [-0.4, -0.2) is 57.4 Å². The minimum atomic E-state index is -0.292. The van der Waals surface area contributed by atoms with Crippen molar-refractivity contribution in [2.45, 2.75) is 182 Å². The summed E-state index contributed by atoms with van der Waals surface area (Å²) in [4.78, 5) is 29.0. The number of phenols is 2. The first-order chi connectivity index (χ1) is 23.4. The van der Waals surface area contributed by atoms with Gasteiger partial charge in [-0.15, -0.1) is 0 Å². The van der Waals surface area contributed by atoms with E-state index in [0.717, 1.165) is 27.8 Å². The van der Waals surface area contributed by atoms with Crippen molar-refractivity contribution in [2.24, 2.45) is 5.41 Å². The molecule has 2 aromatic rings. The Balaban J connectivity index is 1.63. The number of piperidine rings is 1. The molecule has 0 aromatic heterocycles. The number of phenolic OH excluding ortho intramolecular Hbond substituents is 2. The van der Waals surface area contributed by atoms with E-state index < -0.39 is 0 Å². The van der Waals surface area contributed by atoms with Crippen molar-refractivity contribution in [3.8, 4) is 11.5 Å². The summed E-state index contributed by atoms with van der Waals surface area (Å²) in [5.74, 6) is 0.0949. The fraction of sp³-hybridized carbons (Fsp3) is 0.689. The van der Waals surface area contributed by atoms with Crippen LogP contribution in [0.5, 0.6) is 11.5 Å². The van der Waals surface area contributed by atoms with Gasteiger partial charge in [0, 0.05) is 36.9 Å². The summed E-state index contributed by atoms with van der Waals surface area (Å²) in [6, 6.07) is 9.79. The molecule has 3 rings (SSSR count). The first kappa shape index (κ1) is 43.3. The topological polar surface area (TPSA) is 96.3 Å². The number of hydrogen-bond acceptors (Lipinski definition) is 7. The number of likely N-dealkylation sites (tertiary alicyclic amines) is 1. The number of hydrogen-bond donors (Lipinski definition) is 2. The second kappa shape index (κ2) is 15.4. The smallest absolute Gasteiger partial charge is 0.306 e. The van der Waals surface area contributed by atoms with Gasteiger partial charge >= 0.3 is 11.9 Å². The maximum atomic E-state index is 13.6. The van der Waals surface area contributed by atoms with E-state index >= 15 is 0 Å². The monoisotopic (exact) mass is 722 g/mol. The summed E-state index contributed by atoms with van der Waals surface area (Å²) in [7, 11) is 0. The third-order valence-electron chi connectivity index (χ3n) is 10.8. The van der Waals surface area contributed by atoms with Crippen LogP contribution in [0.3, 0.4) is 0 Å². The van der Waals surface area contributed by atoms with Crippen molar-refractivity contribution in [1.29, 1.82) is 0 Å². The highest BCUT2D eigenvalue weighted by molar-refractivity contribution is 5.71. The molecule has 0 amide bonds. The minimum Gasteiger partial charge on any atom is -0.508 e. The molecule has 0 radical (unpaired) electrons. The molecule has 2 aromatic carbocycles. The van der Waals surface area contributed by atoms with E-state index in [1.54, 1.807) is 6.07 Å². The van der Waals surface area contributed by atoms with Crippen LogP contribution in [-0.2, 0) is 41.7 Å². The van der Waals surface area contributed by atoms with Crippen LogP contribution in [0.15, 0.2) is 30.3 Å². The molecule has 7 heteroatoms. The average Bonchev–Trinajstić information content (AvgIpc) is 2.94. The third kappa shape index (κ3) is 11.0. The zero-order valence-electron chi connectivity index (χ0n) is 35.5. The Labute approximate surface area is 315 Å². The molecule has 0 aliphatic carbocycles. The predicted molar refractivity (Wildman–Crippen MR) is 212 cm³/mol. The van der Waals surface area contributed by atoms with E-state index in [2.05, 4.69) is 122 Å². The number of aryl methyl sites for hydroxylation is 1. The van der Waals surface area contributed by atoms with Gasteiger partial charge in [-0.05, 0) is 95.6 Å². The summed E-state index contributed by atoms with van der Waals surface area (Å²) >= 11 is 0. The summed E-state index contributed by atoms with van der Waals surface area (Å²) in [6.07, 6.45) is 2.18. The van der Waals surface area contributed by atoms with Gasteiger partial charge in [0.15, 0.2) is 0 Å². The van der Waals surface area contributed by atoms with Crippen molar-refractivity contribution in [3.63, 3.8) is 0 Å². The van der Waals surface area contributed by atoms with Gasteiger partial charge in [-0.1, -0.05) is 107 Å². The van der Waals surface area contributed by atoms with Crippen molar-refractivity contribution in [1.82, 2.24) is 4.90 Å². The van der Waals surface area contributed by atoms with Gasteiger partial charge in [0.2, 0.25) is 0 Å². The van der Waals surface area contributed by atoms with Crippen LogP contribution in [0.1, 0.15) is 170 Å². The maximum Gasteiger partial charge on any atom is 0.306 e. The van der Waals surface area contributed by atoms with Crippen LogP contribution in [0, 0.1) is 5.41 Å². The summed E-state index contributed by atoms with van der Waals surface area (Å²) < 4.78 is 12.0. The Bertz CT molecular complexity index is 1520. The Hall–Kier alpha value is -3.06. The lowest BCUT2D eigenvalue weighted by molar-refractivity contribution is -0.164. The number of carbonyl (C=O) groups excluding carboxylic acids is 2. The molecule has 1 aliphatic rings. The average molecular weight is 722 g/mol. The number of aromatic hydroxyl groups is 2. The number of ether oxygens (including phenoxy) is 2. The molecular weight excluding hydrogens is 650 g/mol. The molecule has 2 N–H and O–H groups in total. The SMILES string of the molecule is CC(C)(C)c1cc(C(CC(=O)OC2CC(C)(C)N(CCOC(=O)CCc3cc(C(C)(C)C)c(O)c(C(C)(C)C)c3)C(C)(C)C2)C(C)(C)C)ccc1O. The lowest BCUT2D eigenvalue weighted by Crippen LogP contribution is -2.63. The van der Waals surface area contributed by atoms with Crippen LogP contribution < -0.4 is 0 Å². The van der Waals surface area contributed by atoms with Gasteiger partial charge in [0.25, 0.3) is 0 Å². The second-order valence-electron chi connectivity index (χ2n) is 20.7. The molecule has 1 fully saturated rings. The number of esters is 2. The fourth-order valence-corrected chi connectivity index (χ4v) is 8.16. The highest BCUT2D eigenvalue weighted by Crippen LogP contribution is 2.44. The Morgan fingerprint density at radius 3 is 1.73 bits per heavy atom. The summed E-state index contributed by atoms with van der Waals surface area (Å²) in [5.41, 5.74) is 3.24. The third-order valence-corrected chi connectivity index (χ3v) is 10.8. The van der Waals surface area contributed by atoms with Crippen LogP contribution >= 0.6 is 0 Å². The second-order valence-corrected chi connectivity index (χ2v) is 20.7. The molecule has 1 saturated heterocycles. The number of rotatable bonds is 10. The zero-order valence-corrected chi connectivity index (χ0v) is 35.5. The zero-order chi connectivity index (χ0) is 39.8. The Morgan fingerprint density at radius 2 is 1.27 bits per heavy atom. The van der Waals surface area contributed by atoms with Gasteiger partial charge in [0.1, 0.15) is 24.2 Å². The van der Waals surface area contributed by atoms with Crippen molar-refractivity contribution < 1.29 is 29.3 Å². The summed E-state index contributed by atoms with van der Waals surface area (Å²) in [6.45, 7) is 34.7. The van der Waals surface area contributed by atoms with Gasteiger partial charge in [-0.25, -0.2) is 0 Å². The van der Waals surface area contributed by atoms with Crippen LogP contribution in [0.25, 0.3) is 0 Å². The molecule has 7 nitrogen and oxygen atoms in total. The highest BCUT2D eigenvalue weighted by atomic mass is 16.5. The molecule has 0 spiro atoms. The normalized spacial score (nSPS) is 17.8. The first-order valence-corrected chi connectivity index (χ1v) is 19.3. The number of nitrogens with zero attached hydrogens (tertiary/aromatic N) is 1. The van der Waals surface area contributed by atoms with Crippen molar-refractivity contribution in [2.75, 3.05) is 13.2 Å². The maximum absolute atomic E-state index is 13.6. The van der Waals surface area contributed by atoms with E-state index in [1.807, 2.05) is 18.2 Å². The molecule has 1 aliphatic heterocycles. The minimum absolute atomic E-state index is 0.0763. The van der Waals surface area contributed by atoms with Gasteiger partial charge in [-0.2, -0.15) is 0 Å². The van der Waals surface area contributed by atoms with E-state index in [-0.39, 0.29) is 81.9 Å². The van der Waals surface area contributed by atoms with E-state index in [9.17, 15) is 19.8 Å².